The number of hydrogen-bond donors (Lipinski definition) is 0. The average Bonchev–Trinajstić information content (AvgIpc) is 2.67. The van der Waals surface area contributed by atoms with E-state index in [4.69, 9.17) is 0 Å². The lowest BCUT2D eigenvalue weighted by molar-refractivity contribution is 0.104. The number of thiophene rings is 1. The Labute approximate surface area is 115 Å². The second-order valence-corrected chi connectivity index (χ2v) is 6.77. The molecular weight excluding hydrogens is 352 g/mol. The predicted molar refractivity (Wildman–Crippen MR) is 74.3 cm³/mol. The van der Waals surface area contributed by atoms with Gasteiger partial charge in [-0.3, -0.25) is 4.79 Å². The Morgan fingerprint density at radius 3 is 2.56 bits per heavy atom. The van der Waals surface area contributed by atoms with Crippen LogP contribution in [0.3, 0.4) is 0 Å². The van der Waals surface area contributed by atoms with Crippen LogP contribution in [0.25, 0.3) is 0 Å². The zero-order valence-corrected chi connectivity index (χ0v) is 12.4. The molecule has 0 amide bonds. The van der Waals surface area contributed by atoms with Crippen molar-refractivity contribution in [3.63, 3.8) is 0 Å². The topological polar surface area (TPSA) is 17.1 Å². The van der Waals surface area contributed by atoms with Gasteiger partial charge in [0.2, 0.25) is 5.78 Å². The minimum absolute atomic E-state index is 0.0782. The standard InChI is InChI=1S/C12H8Br2OS/c1-7-2-3-8(13)6-9(7)12(15)10-4-5-11(14)16-10/h2-6H,1H3. The van der Waals surface area contributed by atoms with E-state index in [9.17, 15) is 4.79 Å². The Morgan fingerprint density at radius 2 is 1.94 bits per heavy atom. The van der Waals surface area contributed by atoms with Gasteiger partial charge < -0.3 is 0 Å². The molecule has 4 heteroatoms. The molecule has 16 heavy (non-hydrogen) atoms. The zero-order chi connectivity index (χ0) is 11.7. The van der Waals surface area contributed by atoms with Crippen LogP contribution in [-0.2, 0) is 0 Å². The van der Waals surface area contributed by atoms with Gasteiger partial charge in [-0.05, 0) is 52.7 Å². The maximum atomic E-state index is 12.2. The number of carbonyl (C=O) groups excluding carboxylic acids is 1. The Hall–Kier alpha value is -0.450. The summed E-state index contributed by atoms with van der Waals surface area (Å²) in [5.41, 5.74) is 1.75. The highest BCUT2D eigenvalue weighted by Gasteiger charge is 2.13. The quantitative estimate of drug-likeness (QED) is 0.703. The Morgan fingerprint density at radius 1 is 1.19 bits per heavy atom. The number of ketones is 1. The average molecular weight is 360 g/mol. The molecular formula is C12H8Br2OS. The Kier molecular flexibility index (Phi) is 3.62. The molecule has 0 saturated heterocycles. The van der Waals surface area contributed by atoms with Crippen molar-refractivity contribution < 1.29 is 4.79 Å². The van der Waals surface area contributed by atoms with Crippen LogP contribution in [0.1, 0.15) is 20.8 Å². The van der Waals surface area contributed by atoms with Gasteiger partial charge in [-0.25, -0.2) is 0 Å². The summed E-state index contributed by atoms with van der Waals surface area (Å²) in [5.74, 6) is 0.0782. The predicted octanol–water partition coefficient (Wildman–Crippen LogP) is 4.81. The van der Waals surface area contributed by atoms with Crippen LogP contribution in [0.4, 0.5) is 0 Å². The van der Waals surface area contributed by atoms with Gasteiger partial charge in [0.15, 0.2) is 0 Å². The molecule has 2 aromatic rings. The van der Waals surface area contributed by atoms with E-state index in [0.717, 1.165) is 24.3 Å². The van der Waals surface area contributed by atoms with Crippen molar-refractivity contribution in [1.29, 1.82) is 0 Å². The molecule has 0 N–H and O–H groups in total. The van der Waals surface area contributed by atoms with Crippen LogP contribution in [0, 0.1) is 6.92 Å². The third kappa shape index (κ3) is 2.44. The fourth-order valence-corrected chi connectivity index (χ4v) is 3.11. The van der Waals surface area contributed by atoms with Crippen molar-refractivity contribution in [3.8, 4) is 0 Å². The lowest BCUT2D eigenvalue weighted by Crippen LogP contribution is -2.01. The molecule has 1 aromatic carbocycles. The summed E-state index contributed by atoms with van der Waals surface area (Å²) in [6.07, 6.45) is 0. The van der Waals surface area contributed by atoms with E-state index >= 15 is 0 Å². The third-order valence-electron chi connectivity index (χ3n) is 2.24. The van der Waals surface area contributed by atoms with Crippen LogP contribution in [0.2, 0.25) is 0 Å². The summed E-state index contributed by atoms with van der Waals surface area (Å²) < 4.78 is 1.90. The first-order valence-electron chi connectivity index (χ1n) is 4.64. The highest BCUT2D eigenvalue weighted by atomic mass is 79.9. The second-order valence-electron chi connectivity index (χ2n) is 3.39. The number of rotatable bonds is 2. The molecule has 1 heterocycles. The molecule has 0 spiro atoms. The maximum Gasteiger partial charge on any atom is 0.203 e. The molecule has 1 aromatic heterocycles. The summed E-state index contributed by atoms with van der Waals surface area (Å²) in [6.45, 7) is 1.95. The first-order valence-corrected chi connectivity index (χ1v) is 7.04. The highest BCUT2D eigenvalue weighted by molar-refractivity contribution is 9.11. The number of aryl methyl sites for hydroxylation is 1. The van der Waals surface area contributed by atoms with Gasteiger partial charge in [0, 0.05) is 10.0 Å². The second kappa shape index (κ2) is 4.82. The van der Waals surface area contributed by atoms with E-state index in [1.165, 1.54) is 11.3 Å². The number of halogens is 2. The molecule has 0 bridgehead atoms. The van der Waals surface area contributed by atoms with Crippen LogP contribution < -0.4 is 0 Å². The zero-order valence-electron chi connectivity index (χ0n) is 8.46. The first-order chi connectivity index (χ1) is 7.58. The fraction of sp³-hybridized carbons (Fsp3) is 0.0833. The minimum atomic E-state index is 0.0782. The summed E-state index contributed by atoms with van der Waals surface area (Å²) >= 11 is 8.20. The van der Waals surface area contributed by atoms with Gasteiger partial charge in [-0.15, -0.1) is 11.3 Å². The Bertz CT molecular complexity index is 546. The molecule has 0 aliphatic rings. The van der Waals surface area contributed by atoms with Gasteiger partial charge in [-0.1, -0.05) is 22.0 Å². The van der Waals surface area contributed by atoms with Crippen LogP contribution in [0.5, 0.6) is 0 Å². The molecule has 1 nitrogen and oxygen atoms in total. The van der Waals surface area contributed by atoms with Crippen molar-refractivity contribution in [2.45, 2.75) is 6.92 Å². The molecule has 0 unspecified atom stereocenters. The molecule has 0 saturated carbocycles. The third-order valence-corrected chi connectivity index (χ3v) is 4.36. The van der Waals surface area contributed by atoms with Crippen LogP contribution in [0.15, 0.2) is 38.6 Å². The lowest BCUT2D eigenvalue weighted by Gasteiger charge is -2.03. The molecule has 2 rings (SSSR count). The van der Waals surface area contributed by atoms with E-state index < -0.39 is 0 Å². The van der Waals surface area contributed by atoms with Gasteiger partial charge in [0.05, 0.1) is 8.66 Å². The normalized spacial score (nSPS) is 10.4. The van der Waals surface area contributed by atoms with Crippen molar-refractivity contribution in [1.82, 2.24) is 0 Å². The van der Waals surface area contributed by atoms with E-state index in [-0.39, 0.29) is 5.78 Å². The largest absolute Gasteiger partial charge is 0.288 e. The van der Waals surface area contributed by atoms with Crippen molar-refractivity contribution in [2.24, 2.45) is 0 Å². The minimum Gasteiger partial charge on any atom is -0.288 e. The smallest absolute Gasteiger partial charge is 0.203 e. The van der Waals surface area contributed by atoms with Crippen LogP contribution >= 0.6 is 43.2 Å². The monoisotopic (exact) mass is 358 g/mol. The first kappa shape index (κ1) is 12.0. The van der Waals surface area contributed by atoms with Crippen molar-refractivity contribution in [3.05, 3.63) is 54.6 Å². The van der Waals surface area contributed by atoms with E-state index in [1.807, 2.05) is 37.3 Å². The van der Waals surface area contributed by atoms with E-state index in [1.54, 1.807) is 0 Å². The summed E-state index contributed by atoms with van der Waals surface area (Å²) in [7, 11) is 0. The number of hydrogen-bond acceptors (Lipinski definition) is 2. The maximum absolute atomic E-state index is 12.2. The van der Waals surface area contributed by atoms with Crippen molar-refractivity contribution >= 4 is 49.0 Å². The molecule has 0 atom stereocenters. The van der Waals surface area contributed by atoms with E-state index in [0.29, 0.717) is 0 Å². The summed E-state index contributed by atoms with van der Waals surface area (Å²) in [4.78, 5) is 13.0. The number of benzene rings is 1. The molecule has 0 fully saturated rings. The fourth-order valence-electron chi connectivity index (χ4n) is 1.41. The SMILES string of the molecule is Cc1ccc(Br)cc1C(=O)c1ccc(Br)s1. The van der Waals surface area contributed by atoms with Gasteiger partial charge in [0.1, 0.15) is 0 Å². The van der Waals surface area contributed by atoms with E-state index in [2.05, 4.69) is 31.9 Å². The number of carbonyl (C=O) groups is 1. The van der Waals surface area contributed by atoms with Crippen molar-refractivity contribution in [2.75, 3.05) is 0 Å². The van der Waals surface area contributed by atoms with Gasteiger partial charge in [-0.2, -0.15) is 0 Å². The molecule has 0 radical (unpaired) electrons. The highest BCUT2D eigenvalue weighted by Crippen LogP contribution is 2.26. The van der Waals surface area contributed by atoms with Gasteiger partial charge >= 0.3 is 0 Å². The Balaban J connectivity index is 2.45. The lowest BCUT2D eigenvalue weighted by atomic mass is 10.0. The summed E-state index contributed by atoms with van der Waals surface area (Å²) in [5, 5.41) is 0. The van der Waals surface area contributed by atoms with Gasteiger partial charge in [0.25, 0.3) is 0 Å². The van der Waals surface area contributed by atoms with Crippen LogP contribution in [-0.4, -0.2) is 5.78 Å². The molecule has 82 valence electrons. The summed E-state index contributed by atoms with van der Waals surface area (Å²) in [6, 6.07) is 9.49. The molecule has 0 aliphatic carbocycles. The molecule has 0 aliphatic heterocycles.